The molecular formula is C18H20O2. The highest BCUT2D eigenvalue weighted by Crippen LogP contribution is 2.37. The van der Waals surface area contributed by atoms with E-state index in [1.165, 1.54) is 23.1 Å². The summed E-state index contributed by atoms with van der Waals surface area (Å²) >= 11 is 0. The maximum absolute atomic E-state index is 5.30. The Balaban J connectivity index is 1.77. The molecule has 0 aliphatic heterocycles. The van der Waals surface area contributed by atoms with Crippen LogP contribution in [0.1, 0.15) is 29.0 Å². The third-order valence-corrected chi connectivity index (χ3v) is 4.19. The van der Waals surface area contributed by atoms with E-state index in [1.807, 2.05) is 12.1 Å². The molecule has 0 fully saturated rings. The van der Waals surface area contributed by atoms with Crippen LogP contribution in [0.25, 0.3) is 0 Å². The number of methoxy groups -OCH3 is 2. The van der Waals surface area contributed by atoms with Crippen molar-refractivity contribution in [2.75, 3.05) is 14.2 Å². The van der Waals surface area contributed by atoms with Gasteiger partial charge in [0.2, 0.25) is 0 Å². The summed E-state index contributed by atoms with van der Waals surface area (Å²) in [7, 11) is 3.43. The highest BCUT2D eigenvalue weighted by atomic mass is 16.5. The van der Waals surface area contributed by atoms with Gasteiger partial charge in [0.15, 0.2) is 0 Å². The maximum atomic E-state index is 5.30. The molecular weight excluding hydrogens is 248 g/mol. The van der Waals surface area contributed by atoms with Crippen LogP contribution in [0.2, 0.25) is 0 Å². The van der Waals surface area contributed by atoms with E-state index in [2.05, 4.69) is 30.3 Å². The second-order valence-electron chi connectivity index (χ2n) is 5.35. The molecule has 1 aliphatic carbocycles. The average Bonchev–Trinajstić information content (AvgIpc) is 2.90. The molecule has 0 radical (unpaired) electrons. The van der Waals surface area contributed by atoms with E-state index in [1.54, 1.807) is 14.2 Å². The third-order valence-electron chi connectivity index (χ3n) is 4.19. The van der Waals surface area contributed by atoms with Gasteiger partial charge in [-0.1, -0.05) is 18.2 Å². The standard InChI is InChI=1S/C18H20O2/c1-19-16-7-3-13(4-8-16)11-14-5-6-15-12-17(20-2)9-10-18(14)15/h3-4,7-10,12,14H,5-6,11H2,1-2H3/t14-/m0/s1. The van der Waals surface area contributed by atoms with Crippen LogP contribution in [0.3, 0.4) is 0 Å². The fraction of sp³-hybridized carbons (Fsp3) is 0.333. The van der Waals surface area contributed by atoms with Crippen LogP contribution in [0.4, 0.5) is 0 Å². The van der Waals surface area contributed by atoms with Gasteiger partial charge in [-0.05, 0) is 66.1 Å². The lowest BCUT2D eigenvalue weighted by molar-refractivity contribution is 0.414. The largest absolute Gasteiger partial charge is 0.497 e. The summed E-state index contributed by atoms with van der Waals surface area (Å²) < 4.78 is 10.5. The maximum Gasteiger partial charge on any atom is 0.119 e. The molecule has 0 saturated heterocycles. The Hall–Kier alpha value is -1.96. The van der Waals surface area contributed by atoms with Gasteiger partial charge in [0.1, 0.15) is 11.5 Å². The van der Waals surface area contributed by atoms with Crippen molar-refractivity contribution >= 4 is 0 Å². The number of benzene rings is 2. The Morgan fingerprint density at radius 1 is 0.950 bits per heavy atom. The van der Waals surface area contributed by atoms with Crippen molar-refractivity contribution in [3.63, 3.8) is 0 Å². The molecule has 1 aliphatic rings. The number of hydrogen-bond donors (Lipinski definition) is 0. The van der Waals surface area contributed by atoms with Crippen molar-refractivity contribution in [1.29, 1.82) is 0 Å². The van der Waals surface area contributed by atoms with E-state index in [0.29, 0.717) is 5.92 Å². The quantitative estimate of drug-likeness (QED) is 0.835. The van der Waals surface area contributed by atoms with E-state index in [9.17, 15) is 0 Å². The molecule has 0 saturated carbocycles. The lowest BCUT2D eigenvalue weighted by Crippen LogP contribution is -1.99. The van der Waals surface area contributed by atoms with E-state index in [-0.39, 0.29) is 0 Å². The third kappa shape index (κ3) is 2.51. The number of rotatable bonds is 4. The number of ether oxygens (including phenoxy) is 2. The van der Waals surface area contributed by atoms with Gasteiger partial charge in [-0.25, -0.2) is 0 Å². The second-order valence-corrected chi connectivity index (χ2v) is 5.35. The molecule has 2 aromatic carbocycles. The van der Waals surface area contributed by atoms with Crippen LogP contribution >= 0.6 is 0 Å². The summed E-state index contributed by atoms with van der Waals surface area (Å²) in [6.45, 7) is 0. The Kier molecular flexibility index (Phi) is 3.64. The predicted molar refractivity (Wildman–Crippen MR) is 80.8 cm³/mol. The number of aryl methyl sites for hydroxylation is 1. The topological polar surface area (TPSA) is 18.5 Å². The minimum atomic E-state index is 0.629. The fourth-order valence-electron chi connectivity index (χ4n) is 3.07. The lowest BCUT2D eigenvalue weighted by Gasteiger charge is -2.12. The molecule has 0 N–H and O–H groups in total. The van der Waals surface area contributed by atoms with Crippen LogP contribution in [0.5, 0.6) is 11.5 Å². The van der Waals surface area contributed by atoms with Crippen molar-refractivity contribution in [2.45, 2.75) is 25.2 Å². The highest BCUT2D eigenvalue weighted by Gasteiger charge is 2.22. The zero-order valence-corrected chi connectivity index (χ0v) is 12.1. The monoisotopic (exact) mass is 268 g/mol. The molecule has 104 valence electrons. The summed E-state index contributed by atoms with van der Waals surface area (Å²) in [5.41, 5.74) is 4.31. The minimum Gasteiger partial charge on any atom is -0.497 e. The van der Waals surface area contributed by atoms with Gasteiger partial charge in [0, 0.05) is 0 Å². The first-order chi connectivity index (χ1) is 9.80. The Morgan fingerprint density at radius 3 is 2.35 bits per heavy atom. The lowest BCUT2D eigenvalue weighted by atomic mass is 9.93. The molecule has 0 spiro atoms. The summed E-state index contributed by atoms with van der Waals surface area (Å²) in [6, 6.07) is 14.9. The highest BCUT2D eigenvalue weighted by molar-refractivity contribution is 5.42. The zero-order chi connectivity index (χ0) is 13.9. The molecule has 0 aromatic heterocycles. The van der Waals surface area contributed by atoms with Crippen LogP contribution < -0.4 is 9.47 Å². The molecule has 20 heavy (non-hydrogen) atoms. The predicted octanol–water partition coefficient (Wildman–Crippen LogP) is 3.98. The average molecular weight is 268 g/mol. The van der Waals surface area contributed by atoms with Gasteiger partial charge in [-0.2, -0.15) is 0 Å². The van der Waals surface area contributed by atoms with Crippen LogP contribution in [-0.4, -0.2) is 14.2 Å². The first kappa shape index (κ1) is 13.0. The van der Waals surface area contributed by atoms with Crippen molar-refractivity contribution in [3.8, 4) is 11.5 Å². The molecule has 2 aromatic rings. The Morgan fingerprint density at radius 2 is 1.65 bits per heavy atom. The SMILES string of the molecule is COc1ccc(C[C@@H]2CCc3cc(OC)ccc32)cc1. The molecule has 0 heterocycles. The van der Waals surface area contributed by atoms with Crippen LogP contribution in [0.15, 0.2) is 42.5 Å². The van der Waals surface area contributed by atoms with Gasteiger partial charge in [0.05, 0.1) is 14.2 Å². The number of hydrogen-bond acceptors (Lipinski definition) is 2. The van der Waals surface area contributed by atoms with Crippen molar-refractivity contribution in [3.05, 3.63) is 59.2 Å². The summed E-state index contributed by atoms with van der Waals surface area (Å²) in [6.07, 6.45) is 3.49. The fourth-order valence-corrected chi connectivity index (χ4v) is 3.07. The Labute approximate surface area is 120 Å². The van der Waals surface area contributed by atoms with E-state index < -0.39 is 0 Å². The first-order valence-electron chi connectivity index (χ1n) is 7.10. The minimum absolute atomic E-state index is 0.629. The molecule has 2 nitrogen and oxygen atoms in total. The molecule has 1 atom stereocenters. The van der Waals surface area contributed by atoms with Gasteiger partial charge in [-0.15, -0.1) is 0 Å². The molecule has 2 heteroatoms. The normalized spacial score (nSPS) is 16.8. The van der Waals surface area contributed by atoms with Gasteiger partial charge in [0.25, 0.3) is 0 Å². The van der Waals surface area contributed by atoms with E-state index in [0.717, 1.165) is 24.3 Å². The van der Waals surface area contributed by atoms with Crippen molar-refractivity contribution in [2.24, 2.45) is 0 Å². The summed E-state index contributed by atoms with van der Waals surface area (Å²) in [5.74, 6) is 2.52. The second kappa shape index (κ2) is 5.58. The molecule has 0 unspecified atom stereocenters. The van der Waals surface area contributed by atoms with E-state index >= 15 is 0 Å². The van der Waals surface area contributed by atoms with E-state index in [4.69, 9.17) is 9.47 Å². The van der Waals surface area contributed by atoms with Gasteiger partial charge >= 0.3 is 0 Å². The zero-order valence-electron chi connectivity index (χ0n) is 12.1. The smallest absolute Gasteiger partial charge is 0.119 e. The molecule has 3 rings (SSSR count). The van der Waals surface area contributed by atoms with Gasteiger partial charge < -0.3 is 9.47 Å². The molecule has 0 amide bonds. The van der Waals surface area contributed by atoms with Crippen molar-refractivity contribution < 1.29 is 9.47 Å². The van der Waals surface area contributed by atoms with Crippen LogP contribution in [-0.2, 0) is 12.8 Å². The van der Waals surface area contributed by atoms with Gasteiger partial charge in [-0.3, -0.25) is 0 Å². The van der Waals surface area contributed by atoms with Crippen molar-refractivity contribution in [1.82, 2.24) is 0 Å². The first-order valence-corrected chi connectivity index (χ1v) is 7.10. The Bertz CT molecular complexity index is 587. The summed E-state index contributed by atoms with van der Waals surface area (Å²) in [5, 5.41) is 0. The number of fused-ring (bicyclic) bond motifs is 1. The van der Waals surface area contributed by atoms with Crippen LogP contribution in [0, 0.1) is 0 Å². The molecule has 0 bridgehead atoms. The summed E-state index contributed by atoms with van der Waals surface area (Å²) in [4.78, 5) is 0.